The third-order valence-corrected chi connectivity index (χ3v) is 2.79. The molecule has 1 rings (SSSR count). The summed E-state index contributed by atoms with van der Waals surface area (Å²) in [7, 11) is 1.71. The van der Waals surface area contributed by atoms with Crippen LogP contribution in [-0.4, -0.2) is 7.11 Å². The zero-order valence-electron chi connectivity index (χ0n) is 14.8. The molecule has 0 saturated carbocycles. The van der Waals surface area contributed by atoms with Crippen molar-refractivity contribution in [3.63, 3.8) is 0 Å². The molecule has 0 fully saturated rings. The lowest BCUT2D eigenvalue weighted by Crippen LogP contribution is -1.95. The summed E-state index contributed by atoms with van der Waals surface area (Å²) in [6, 6.07) is 4.13. The van der Waals surface area contributed by atoms with E-state index < -0.39 is 0 Å². The molecule has 0 atom stereocenters. The average Bonchev–Trinajstić information content (AvgIpc) is 2.50. The standard InChI is InChI=1S/C15H20O.2C2H6/c1-6-8-13(7-2)15-11(3)9-10-14(16-5)12(15)4;2*1-2/h6-10H,1-5H3;2*1-2H3/b8-6-,13-7+;;. The van der Waals surface area contributed by atoms with Gasteiger partial charge in [-0.25, -0.2) is 0 Å². The van der Waals surface area contributed by atoms with E-state index in [-0.39, 0.29) is 0 Å². The van der Waals surface area contributed by atoms with Gasteiger partial charge in [-0.05, 0) is 56.0 Å². The van der Waals surface area contributed by atoms with Crippen LogP contribution in [0.3, 0.4) is 0 Å². The van der Waals surface area contributed by atoms with Crippen molar-refractivity contribution in [2.75, 3.05) is 7.11 Å². The lowest BCUT2D eigenvalue weighted by molar-refractivity contribution is 0.411. The molecule has 0 bridgehead atoms. The van der Waals surface area contributed by atoms with E-state index in [0.29, 0.717) is 0 Å². The molecule has 0 unspecified atom stereocenters. The third-order valence-electron chi connectivity index (χ3n) is 2.79. The van der Waals surface area contributed by atoms with Gasteiger partial charge in [-0.1, -0.05) is 52.0 Å². The van der Waals surface area contributed by atoms with Gasteiger partial charge in [0.1, 0.15) is 5.75 Å². The van der Waals surface area contributed by atoms with Crippen LogP contribution in [0.25, 0.3) is 5.57 Å². The minimum Gasteiger partial charge on any atom is -0.496 e. The molecule has 1 heteroatoms. The molecule has 0 N–H and O–H groups in total. The number of aryl methyl sites for hydroxylation is 1. The van der Waals surface area contributed by atoms with Gasteiger partial charge >= 0.3 is 0 Å². The van der Waals surface area contributed by atoms with Crippen LogP contribution < -0.4 is 4.74 Å². The number of ether oxygens (including phenoxy) is 1. The minimum absolute atomic E-state index is 0.949. The van der Waals surface area contributed by atoms with Crippen molar-refractivity contribution in [3.8, 4) is 5.75 Å². The fourth-order valence-electron chi connectivity index (χ4n) is 2.00. The number of benzene rings is 1. The van der Waals surface area contributed by atoms with Crippen LogP contribution in [0, 0.1) is 13.8 Å². The fraction of sp³-hybridized carbons (Fsp3) is 0.474. The number of hydrogen-bond acceptors (Lipinski definition) is 1. The maximum Gasteiger partial charge on any atom is 0.122 e. The molecule has 0 aliphatic rings. The Hall–Kier alpha value is -1.50. The van der Waals surface area contributed by atoms with Crippen LogP contribution in [0.15, 0.2) is 30.4 Å². The monoisotopic (exact) mass is 276 g/mol. The highest BCUT2D eigenvalue weighted by Crippen LogP contribution is 2.30. The van der Waals surface area contributed by atoms with E-state index in [1.807, 2.05) is 40.7 Å². The molecule has 1 nitrogen and oxygen atoms in total. The van der Waals surface area contributed by atoms with E-state index in [2.05, 4.69) is 45.1 Å². The molecule has 0 heterocycles. The summed E-state index contributed by atoms with van der Waals surface area (Å²) in [4.78, 5) is 0. The summed E-state index contributed by atoms with van der Waals surface area (Å²) in [5.41, 5.74) is 5.01. The SMILES string of the molecule is C/C=C\C(=C/C)c1c(C)ccc(OC)c1C.CC.CC. The molecular formula is C19H32O. The lowest BCUT2D eigenvalue weighted by Gasteiger charge is -2.14. The van der Waals surface area contributed by atoms with E-state index in [4.69, 9.17) is 4.74 Å². The first-order chi connectivity index (χ1) is 9.65. The van der Waals surface area contributed by atoms with Gasteiger partial charge in [0.15, 0.2) is 0 Å². The van der Waals surface area contributed by atoms with Crippen molar-refractivity contribution < 1.29 is 4.74 Å². The summed E-state index contributed by atoms with van der Waals surface area (Å²) < 4.78 is 5.36. The van der Waals surface area contributed by atoms with Gasteiger partial charge < -0.3 is 4.74 Å². The number of hydrogen-bond donors (Lipinski definition) is 0. The average molecular weight is 276 g/mol. The van der Waals surface area contributed by atoms with Crippen LogP contribution in [0.4, 0.5) is 0 Å². The zero-order chi connectivity index (χ0) is 16.1. The van der Waals surface area contributed by atoms with Crippen molar-refractivity contribution >= 4 is 5.57 Å². The molecule has 1 aromatic rings. The second-order valence-electron chi connectivity index (χ2n) is 3.83. The van der Waals surface area contributed by atoms with Gasteiger partial charge in [-0.3, -0.25) is 0 Å². The number of methoxy groups -OCH3 is 1. The Morgan fingerprint density at radius 3 is 1.95 bits per heavy atom. The second-order valence-corrected chi connectivity index (χ2v) is 3.83. The predicted molar refractivity (Wildman–Crippen MR) is 93.6 cm³/mol. The highest BCUT2D eigenvalue weighted by molar-refractivity contribution is 5.79. The zero-order valence-corrected chi connectivity index (χ0v) is 14.8. The Morgan fingerprint density at radius 1 is 1.00 bits per heavy atom. The maximum absolute atomic E-state index is 5.36. The first-order valence-corrected chi connectivity index (χ1v) is 7.59. The van der Waals surface area contributed by atoms with E-state index in [1.54, 1.807) is 7.11 Å². The van der Waals surface area contributed by atoms with Crippen LogP contribution in [0.2, 0.25) is 0 Å². The Kier molecular flexibility index (Phi) is 13.0. The Morgan fingerprint density at radius 2 is 1.55 bits per heavy atom. The molecule has 114 valence electrons. The number of rotatable bonds is 3. The van der Waals surface area contributed by atoms with Gasteiger partial charge in [0, 0.05) is 0 Å². The molecule has 0 amide bonds. The summed E-state index contributed by atoms with van der Waals surface area (Å²) in [6.07, 6.45) is 6.33. The van der Waals surface area contributed by atoms with Gasteiger partial charge in [0.2, 0.25) is 0 Å². The van der Waals surface area contributed by atoms with Crippen molar-refractivity contribution in [1.29, 1.82) is 0 Å². The van der Waals surface area contributed by atoms with Gasteiger partial charge in [0.25, 0.3) is 0 Å². The summed E-state index contributed by atoms with van der Waals surface area (Å²) in [5, 5.41) is 0. The largest absolute Gasteiger partial charge is 0.496 e. The van der Waals surface area contributed by atoms with Gasteiger partial charge in [-0.2, -0.15) is 0 Å². The Labute approximate surface area is 126 Å². The quantitative estimate of drug-likeness (QED) is 0.585. The first kappa shape index (κ1) is 20.8. The van der Waals surface area contributed by atoms with Crippen molar-refractivity contribution in [2.45, 2.75) is 55.4 Å². The Bertz CT molecular complexity index is 426. The highest BCUT2D eigenvalue weighted by Gasteiger charge is 2.09. The fourth-order valence-corrected chi connectivity index (χ4v) is 2.00. The summed E-state index contributed by atoms with van der Waals surface area (Å²) >= 11 is 0. The van der Waals surface area contributed by atoms with E-state index in [0.717, 1.165) is 5.75 Å². The molecular weight excluding hydrogens is 244 g/mol. The lowest BCUT2D eigenvalue weighted by atomic mass is 9.94. The van der Waals surface area contributed by atoms with Crippen LogP contribution in [0.1, 0.15) is 58.2 Å². The van der Waals surface area contributed by atoms with Crippen LogP contribution in [-0.2, 0) is 0 Å². The minimum atomic E-state index is 0.949. The smallest absolute Gasteiger partial charge is 0.122 e. The number of allylic oxidation sites excluding steroid dienone is 4. The highest BCUT2D eigenvalue weighted by atomic mass is 16.5. The van der Waals surface area contributed by atoms with Crippen molar-refractivity contribution in [1.82, 2.24) is 0 Å². The maximum atomic E-state index is 5.36. The first-order valence-electron chi connectivity index (χ1n) is 7.59. The molecule has 0 saturated heterocycles. The van der Waals surface area contributed by atoms with Crippen molar-refractivity contribution in [3.05, 3.63) is 47.1 Å². The van der Waals surface area contributed by atoms with E-state index in [1.165, 1.54) is 22.3 Å². The van der Waals surface area contributed by atoms with Crippen molar-refractivity contribution in [2.24, 2.45) is 0 Å². The third kappa shape index (κ3) is 5.64. The van der Waals surface area contributed by atoms with Crippen LogP contribution in [0.5, 0.6) is 5.75 Å². The molecule has 20 heavy (non-hydrogen) atoms. The normalized spacial score (nSPS) is 10.3. The molecule has 0 aliphatic heterocycles. The molecule has 0 radical (unpaired) electrons. The summed E-state index contributed by atoms with van der Waals surface area (Å²) in [6.45, 7) is 16.3. The van der Waals surface area contributed by atoms with Gasteiger partial charge in [-0.15, -0.1) is 0 Å². The molecule has 1 aromatic carbocycles. The summed E-state index contributed by atoms with van der Waals surface area (Å²) in [5.74, 6) is 0.949. The van der Waals surface area contributed by atoms with Crippen LogP contribution >= 0.6 is 0 Å². The van der Waals surface area contributed by atoms with E-state index >= 15 is 0 Å². The second kappa shape index (κ2) is 12.5. The predicted octanol–water partition coefficient (Wildman–Crippen LogP) is 6.34. The molecule has 0 spiro atoms. The topological polar surface area (TPSA) is 9.23 Å². The molecule has 0 aromatic heterocycles. The van der Waals surface area contributed by atoms with Gasteiger partial charge in [0.05, 0.1) is 7.11 Å². The van der Waals surface area contributed by atoms with E-state index in [9.17, 15) is 0 Å². The Balaban J connectivity index is 0. The molecule has 0 aliphatic carbocycles.